The van der Waals surface area contributed by atoms with Gasteiger partial charge in [-0.1, -0.05) is 6.92 Å². The molecule has 1 aliphatic rings. The summed E-state index contributed by atoms with van der Waals surface area (Å²) in [6, 6.07) is 0.232. The maximum absolute atomic E-state index is 12.0. The van der Waals surface area contributed by atoms with Crippen LogP contribution >= 0.6 is 11.5 Å². The number of aromatic nitrogens is 1. The maximum atomic E-state index is 12.0. The molecule has 1 aromatic rings. The van der Waals surface area contributed by atoms with Crippen LogP contribution in [0.2, 0.25) is 0 Å². The van der Waals surface area contributed by atoms with Crippen molar-refractivity contribution in [1.29, 1.82) is 0 Å². The van der Waals surface area contributed by atoms with Crippen molar-refractivity contribution in [3.8, 4) is 0 Å². The number of carbonyl (C=O) groups is 1. The summed E-state index contributed by atoms with van der Waals surface area (Å²) in [5, 5.41) is 6.30. The first-order chi connectivity index (χ1) is 9.43. The highest BCUT2D eigenvalue weighted by Crippen LogP contribution is 2.28. The molecule has 0 aliphatic heterocycles. The van der Waals surface area contributed by atoms with Crippen LogP contribution in [0.1, 0.15) is 30.1 Å². The van der Waals surface area contributed by atoms with Gasteiger partial charge >= 0.3 is 0 Å². The molecule has 1 saturated carbocycles. The van der Waals surface area contributed by atoms with E-state index < -0.39 is 9.84 Å². The highest BCUT2D eigenvalue weighted by Gasteiger charge is 2.27. The Kier molecular flexibility index (Phi) is 4.48. The summed E-state index contributed by atoms with van der Waals surface area (Å²) in [6.07, 6.45) is 1.97. The molecular weight excluding hydrogens is 300 g/mol. The second kappa shape index (κ2) is 5.96. The van der Waals surface area contributed by atoms with Gasteiger partial charge in [-0.25, -0.2) is 8.42 Å². The van der Waals surface area contributed by atoms with E-state index in [1.165, 1.54) is 0 Å². The molecule has 0 aromatic carbocycles. The van der Waals surface area contributed by atoms with Gasteiger partial charge in [0, 0.05) is 18.3 Å². The monoisotopic (exact) mass is 318 g/mol. The van der Waals surface area contributed by atoms with Crippen LogP contribution in [-0.4, -0.2) is 42.8 Å². The number of anilines is 2. The van der Waals surface area contributed by atoms with E-state index in [-0.39, 0.29) is 35.8 Å². The van der Waals surface area contributed by atoms with Crippen LogP contribution in [0.25, 0.3) is 0 Å². The molecule has 0 spiro atoms. The van der Waals surface area contributed by atoms with E-state index in [0.29, 0.717) is 10.6 Å². The van der Waals surface area contributed by atoms with Gasteiger partial charge < -0.3 is 16.4 Å². The minimum Gasteiger partial charge on any atom is -0.382 e. The average Bonchev–Trinajstić information content (AvgIpc) is 3.12. The number of rotatable bonds is 7. The zero-order valence-electron chi connectivity index (χ0n) is 11.2. The first kappa shape index (κ1) is 15.0. The molecule has 9 heteroatoms. The fraction of sp³-hybridized carbons (Fsp3) is 0.636. The lowest BCUT2D eigenvalue weighted by molar-refractivity contribution is 0.0953. The molecule has 0 atom stereocenters. The standard InChI is InChI=1S/C11H18N4O3S2/c1-2-20(17,18)6-5-13-11-8(9(12)15-19-11)10(16)14-7-3-4-7/h7,13H,2-6H2,1H3,(H2,12,15)(H,14,16). The first-order valence-electron chi connectivity index (χ1n) is 6.43. The average molecular weight is 318 g/mol. The molecule has 112 valence electrons. The molecule has 0 saturated heterocycles. The van der Waals surface area contributed by atoms with Crippen LogP contribution < -0.4 is 16.4 Å². The minimum atomic E-state index is -3.04. The van der Waals surface area contributed by atoms with Gasteiger partial charge in [0.25, 0.3) is 5.91 Å². The number of carbonyl (C=O) groups excluding carboxylic acids is 1. The molecular formula is C11H18N4O3S2. The van der Waals surface area contributed by atoms with Crippen molar-refractivity contribution >= 4 is 38.1 Å². The molecule has 1 aliphatic carbocycles. The number of nitrogens with one attached hydrogen (secondary N) is 2. The third kappa shape index (κ3) is 3.83. The third-order valence-electron chi connectivity index (χ3n) is 3.00. The van der Waals surface area contributed by atoms with E-state index in [1.807, 2.05) is 0 Å². The molecule has 20 heavy (non-hydrogen) atoms. The Balaban J connectivity index is 1.99. The van der Waals surface area contributed by atoms with E-state index in [9.17, 15) is 13.2 Å². The lowest BCUT2D eigenvalue weighted by Gasteiger charge is -2.07. The molecule has 0 radical (unpaired) electrons. The number of hydrogen-bond acceptors (Lipinski definition) is 7. The smallest absolute Gasteiger partial charge is 0.258 e. The van der Waals surface area contributed by atoms with Crippen molar-refractivity contribution in [2.45, 2.75) is 25.8 Å². The van der Waals surface area contributed by atoms with Crippen LogP contribution in [0.4, 0.5) is 10.8 Å². The van der Waals surface area contributed by atoms with E-state index in [1.54, 1.807) is 6.92 Å². The molecule has 7 nitrogen and oxygen atoms in total. The number of amides is 1. The summed E-state index contributed by atoms with van der Waals surface area (Å²) in [5.74, 6) is 0.0492. The highest BCUT2D eigenvalue weighted by atomic mass is 32.2. The lowest BCUT2D eigenvalue weighted by Crippen LogP contribution is -2.27. The lowest BCUT2D eigenvalue weighted by atomic mass is 10.3. The van der Waals surface area contributed by atoms with Gasteiger partial charge in [0.05, 0.1) is 5.75 Å². The van der Waals surface area contributed by atoms with E-state index in [2.05, 4.69) is 15.0 Å². The molecule has 1 amide bonds. The zero-order chi connectivity index (χ0) is 14.8. The summed E-state index contributed by atoms with van der Waals surface area (Å²) >= 11 is 1.07. The van der Waals surface area contributed by atoms with Crippen LogP contribution in [0.15, 0.2) is 0 Å². The van der Waals surface area contributed by atoms with Crippen molar-refractivity contribution < 1.29 is 13.2 Å². The normalized spacial score (nSPS) is 15.1. The van der Waals surface area contributed by atoms with Crippen molar-refractivity contribution in [3.05, 3.63) is 5.56 Å². The maximum Gasteiger partial charge on any atom is 0.258 e. The summed E-state index contributed by atoms with van der Waals surface area (Å²) in [6.45, 7) is 1.84. The second-order valence-electron chi connectivity index (χ2n) is 4.68. The molecule has 4 N–H and O–H groups in total. The number of nitrogens with two attached hydrogens (primary N) is 1. The predicted octanol–water partition coefficient (Wildman–Crippen LogP) is 0.464. The van der Waals surface area contributed by atoms with E-state index >= 15 is 0 Å². The number of nitrogens with zero attached hydrogens (tertiary/aromatic N) is 1. The first-order valence-corrected chi connectivity index (χ1v) is 9.02. The fourth-order valence-corrected chi connectivity index (χ4v) is 3.03. The van der Waals surface area contributed by atoms with Crippen LogP contribution in [0.3, 0.4) is 0 Å². The summed E-state index contributed by atoms with van der Waals surface area (Å²) in [7, 11) is -3.04. The zero-order valence-corrected chi connectivity index (χ0v) is 12.8. The Morgan fingerprint density at radius 1 is 1.50 bits per heavy atom. The molecule has 0 unspecified atom stereocenters. The SMILES string of the molecule is CCS(=O)(=O)CCNc1snc(N)c1C(=O)NC1CC1. The van der Waals surface area contributed by atoms with Crippen molar-refractivity contribution in [1.82, 2.24) is 9.69 Å². The Bertz CT molecular complexity index is 593. The van der Waals surface area contributed by atoms with Gasteiger partial charge in [-0.05, 0) is 24.4 Å². The van der Waals surface area contributed by atoms with Gasteiger partial charge in [0.2, 0.25) is 0 Å². The van der Waals surface area contributed by atoms with Gasteiger partial charge in [-0.15, -0.1) is 0 Å². The Morgan fingerprint density at radius 2 is 2.20 bits per heavy atom. The van der Waals surface area contributed by atoms with Crippen LogP contribution in [-0.2, 0) is 9.84 Å². The van der Waals surface area contributed by atoms with E-state index in [4.69, 9.17) is 5.73 Å². The van der Waals surface area contributed by atoms with Crippen LogP contribution in [0, 0.1) is 0 Å². The quantitative estimate of drug-likeness (QED) is 0.673. The summed E-state index contributed by atoms with van der Waals surface area (Å²) < 4.78 is 26.8. The fourth-order valence-electron chi connectivity index (χ4n) is 1.59. The van der Waals surface area contributed by atoms with Gasteiger partial charge in [-0.2, -0.15) is 4.37 Å². The molecule has 0 bridgehead atoms. The van der Waals surface area contributed by atoms with E-state index in [0.717, 1.165) is 24.4 Å². The highest BCUT2D eigenvalue weighted by molar-refractivity contribution is 7.91. The number of nitrogen functional groups attached to an aromatic ring is 1. The van der Waals surface area contributed by atoms with Gasteiger partial charge in [0.1, 0.15) is 10.6 Å². The predicted molar refractivity (Wildman–Crippen MR) is 79.8 cm³/mol. The Labute approximate surface area is 122 Å². The summed E-state index contributed by atoms with van der Waals surface area (Å²) in [5.41, 5.74) is 6.02. The minimum absolute atomic E-state index is 0.0188. The Morgan fingerprint density at radius 3 is 2.80 bits per heavy atom. The second-order valence-corrected chi connectivity index (χ2v) is 7.93. The Hall–Kier alpha value is -1.35. The van der Waals surface area contributed by atoms with Crippen LogP contribution in [0.5, 0.6) is 0 Å². The molecule has 1 heterocycles. The summed E-state index contributed by atoms with van der Waals surface area (Å²) in [4.78, 5) is 12.0. The van der Waals surface area contributed by atoms with Crippen molar-refractivity contribution in [2.24, 2.45) is 0 Å². The number of hydrogen-bond donors (Lipinski definition) is 3. The van der Waals surface area contributed by atoms with Gasteiger partial charge in [0.15, 0.2) is 15.7 Å². The van der Waals surface area contributed by atoms with Crippen molar-refractivity contribution in [2.75, 3.05) is 29.1 Å². The van der Waals surface area contributed by atoms with Crippen molar-refractivity contribution in [3.63, 3.8) is 0 Å². The number of sulfone groups is 1. The molecule has 1 fully saturated rings. The molecule has 1 aromatic heterocycles. The van der Waals surface area contributed by atoms with Gasteiger partial charge in [-0.3, -0.25) is 4.79 Å². The topological polar surface area (TPSA) is 114 Å². The molecule has 2 rings (SSSR count). The third-order valence-corrected chi connectivity index (χ3v) is 5.52. The largest absolute Gasteiger partial charge is 0.382 e.